The van der Waals surface area contributed by atoms with Gasteiger partial charge in [-0.05, 0) is 71.8 Å². The maximum absolute atomic E-state index is 14.5. The summed E-state index contributed by atoms with van der Waals surface area (Å²) in [5.41, 5.74) is 3.14. The number of sulfonamides is 1. The first-order valence-corrected chi connectivity index (χ1v) is 12.3. The monoisotopic (exact) mass is 476 g/mol. The van der Waals surface area contributed by atoms with Crippen LogP contribution in [-0.2, 0) is 21.2 Å². The number of pyridine rings is 1. The predicted octanol–water partition coefficient (Wildman–Crippen LogP) is 4.75. The van der Waals surface area contributed by atoms with Crippen molar-refractivity contribution in [1.82, 2.24) is 9.71 Å². The summed E-state index contributed by atoms with van der Waals surface area (Å²) >= 11 is 1.11. The number of thiophene rings is 1. The van der Waals surface area contributed by atoms with Crippen LogP contribution >= 0.6 is 11.3 Å². The summed E-state index contributed by atoms with van der Waals surface area (Å²) in [7, 11) is -2.52. The van der Waals surface area contributed by atoms with E-state index in [0.717, 1.165) is 21.8 Å². The summed E-state index contributed by atoms with van der Waals surface area (Å²) < 4.78 is 47.3. The second kappa shape index (κ2) is 9.38. The maximum atomic E-state index is 14.5. The van der Waals surface area contributed by atoms with Crippen LogP contribution in [0.15, 0.2) is 40.7 Å². The normalized spacial score (nSPS) is 11.6. The second-order valence-electron chi connectivity index (χ2n) is 7.77. The highest BCUT2D eigenvalue weighted by Gasteiger charge is 2.24. The third-order valence-corrected chi connectivity index (χ3v) is 8.12. The summed E-state index contributed by atoms with van der Waals surface area (Å²) in [4.78, 5) is 17.8. The highest BCUT2D eigenvalue weighted by molar-refractivity contribution is 7.92. The minimum atomic E-state index is -4.00. The number of carbonyl (C=O) groups is 1. The SMILES string of the molecule is COc1cc(-c2cc(F)cc(C(C)C)c2CC(=O)NS(=O)(=O)c2cc(C)c(C)s2)ccn1. The smallest absolute Gasteiger partial charge is 0.273 e. The minimum Gasteiger partial charge on any atom is -0.481 e. The number of nitrogens with zero attached hydrogens (tertiary/aromatic N) is 1. The lowest BCUT2D eigenvalue weighted by atomic mass is 9.88. The van der Waals surface area contributed by atoms with Crippen LogP contribution in [0.1, 0.15) is 41.3 Å². The van der Waals surface area contributed by atoms with Gasteiger partial charge in [-0.1, -0.05) is 13.8 Å². The summed E-state index contributed by atoms with van der Waals surface area (Å²) in [6.45, 7) is 7.42. The Balaban J connectivity index is 2.01. The van der Waals surface area contributed by atoms with E-state index in [9.17, 15) is 17.6 Å². The zero-order valence-corrected chi connectivity index (χ0v) is 20.2. The van der Waals surface area contributed by atoms with Crippen molar-refractivity contribution in [3.8, 4) is 17.0 Å². The molecule has 0 aliphatic heterocycles. The molecule has 2 heterocycles. The number of halogens is 1. The average Bonchev–Trinajstić information content (AvgIpc) is 3.08. The highest BCUT2D eigenvalue weighted by Crippen LogP contribution is 2.33. The van der Waals surface area contributed by atoms with Crippen LogP contribution in [0.3, 0.4) is 0 Å². The molecule has 2 aromatic heterocycles. The van der Waals surface area contributed by atoms with Gasteiger partial charge in [-0.15, -0.1) is 11.3 Å². The van der Waals surface area contributed by atoms with E-state index in [1.54, 1.807) is 18.2 Å². The number of methoxy groups -OCH3 is 1. The average molecular weight is 477 g/mol. The molecule has 0 spiro atoms. The topological polar surface area (TPSA) is 85.4 Å². The Hall–Kier alpha value is -2.78. The maximum Gasteiger partial charge on any atom is 0.273 e. The molecule has 1 N–H and O–H groups in total. The molecular formula is C23H25FN2O4S2. The molecule has 32 heavy (non-hydrogen) atoms. The fourth-order valence-electron chi connectivity index (χ4n) is 3.38. The molecular weight excluding hydrogens is 451 g/mol. The largest absolute Gasteiger partial charge is 0.481 e. The van der Waals surface area contributed by atoms with Crippen molar-refractivity contribution in [2.45, 2.75) is 44.2 Å². The zero-order chi connectivity index (χ0) is 23.6. The molecule has 0 unspecified atom stereocenters. The van der Waals surface area contributed by atoms with Crippen molar-refractivity contribution in [3.05, 3.63) is 63.9 Å². The number of nitrogens with one attached hydrogen (secondary N) is 1. The predicted molar refractivity (Wildman–Crippen MR) is 123 cm³/mol. The Labute approximate surface area is 191 Å². The number of carbonyl (C=O) groups excluding carboxylic acids is 1. The third kappa shape index (κ3) is 5.16. The Bertz CT molecular complexity index is 1250. The van der Waals surface area contributed by atoms with Gasteiger partial charge in [-0.2, -0.15) is 0 Å². The first-order valence-electron chi connectivity index (χ1n) is 9.97. The van der Waals surface area contributed by atoms with Crippen LogP contribution in [0.4, 0.5) is 4.39 Å². The molecule has 9 heteroatoms. The molecule has 0 saturated carbocycles. The van der Waals surface area contributed by atoms with Crippen molar-refractivity contribution >= 4 is 27.3 Å². The van der Waals surface area contributed by atoms with Gasteiger partial charge in [0.25, 0.3) is 10.0 Å². The van der Waals surface area contributed by atoms with Crippen molar-refractivity contribution in [2.75, 3.05) is 7.11 Å². The Morgan fingerprint density at radius 1 is 1.22 bits per heavy atom. The molecule has 0 aliphatic rings. The first-order chi connectivity index (χ1) is 15.0. The van der Waals surface area contributed by atoms with Crippen LogP contribution in [-0.4, -0.2) is 26.4 Å². The van der Waals surface area contributed by atoms with Crippen LogP contribution < -0.4 is 9.46 Å². The molecule has 0 saturated heterocycles. The molecule has 0 aliphatic carbocycles. The van der Waals surface area contributed by atoms with E-state index in [1.165, 1.54) is 25.4 Å². The van der Waals surface area contributed by atoms with E-state index in [-0.39, 0.29) is 16.5 Å². The molecule has 1 aromatic carbocycles. The fourth-order valence-corrected chi connectivity index (χ4v) is 5.89. The van der Waals surface area contributed by atoms with Crippen molar-refractivity contribution in [3.63, 3.8) is 0 Å². The number of amides is 1. The first kappa shape index (κ1) is 23.9. The van der Waals surface area contributed by atoms with Crippen LogP contribution in [0.2, 0.25) is 0 Å². The number of rotatable bonds is 7. The Morgan fingerprint density at radius 2 is 1.94 bits per heavy atom. The Morgan fingerprint density at radius 3 is 2.53 bits per heavy atom. The lowest BCUT2D eigenvalue weighted by Gasteiger charge is -2.18. The zero-order valence-electron chi connectivity index (χ0n) is 18.5. The second-order valence-corrected chi connectivity index (χ2v) is 10.9. The van der Waals surface area contributed by atoms with Gasteiger partial charge >= 0.3 is 0 Å². The minimum absolute atomic E-state index is 0.0862. The lowest BCUT2D eigenvalue weighted by molar-refractivity contribution is -0.118. The van der Waals surface area contributed by atoms with Gasteiger partial charge in [-0.3, -0.25) is 4.79 Å². The number of ether oxygens (including phenoxy) is 1. The number of hydrogen-bond acceptors (Lipinski definition) is 6. The molecule has 170 valence electrons. The summed E-state index contributed by atoms with van der Waals surface area (Å²) in [5.74, 6) is -0.875. The number of aromatic nitrogens is 1. The number of hydrogen-bond donors (Lipinski definition) is 1. The van der Waals surface area contributed by atoms with Gasteiger partial charge in [0.2, 0.25) is 11.8 Å². The summed E-state index contributed by atoms with van der Waals surface area (Å²) in [6.07, 6.45) is 1.31. The quantitative estimate of drug-likeness (QED) is 0.532. The molecule has 0 radical (unpaired) electrons. The van der Waals surface area contributed by atoms with E-state index in [1.807, 2.05) is 27.7 Å². The van der Waals surface area contributed by atoms with Crippen LogP contribution in [0.5, 0.6) is 5.88 Å². The Kier molecular flexibility index (Phi) is 7.00. The van der Waals surface area contributed by atoms with Gasteiger partial charge in [0, 0.05) is 17.1 Å². The summed E-state index contributed by atoms with van der Waals surface area (Å²) in [5, 5.41) is 0. The fraction of sp³-hybridized carbons (Fsp3) is 0.304. The lowest BCUT2D eigenvalue weighted by Crippen LogP contribution is -2.31. The number of aryl methyl sites for hydroxylation is 2. The molecule has 0 atom stereocenters. The van der Waals surface area contributed by atoms with Gasteiger partial charge in [0.15, 0.2) is 0 Å². The van der Waals surface area contributed by atoms with Gasteiger partial charge in [0.05, 0.1) is 13.5 Å². The summed E-state index contributed by atoms with van der Waals surface area (Å²) in [6, 6.07) is 7.60. The standard InChI is InChI=1S/C23H25FN2O4S2/c1-13(2)18-10-17(24)11-19(16-6-7-25-22(9-16)30-5)20(18)12-21(27)26-32(28,29)23-8-14(3)15(4)31-23/h6-11,13H,12H2,1-5H3,(H,26,27). The van der Waals surface area contributed by atoms with Crippen molar-refractivity contribution in [1.29, 1.82) is 0 Å². The van der Waals surface area contributed by atoms with Gasteiger partial charge in [0.1, 0.15) is 10.0 Å². The van der Waals surface area contributed by atoms with Gasteiger partial charge in [-0.25, -0.2) is 22.5 Å². The van der Waals surface area contributed by atoms with Crippen LogP contribution in [0.25, 0.3) is 11.1 Å². The molecule has 0 fully saturated rings. The molecule has 3 rings (SSSR count). The van der Waals surface area contributed by atoms with Crippen molar-refractivity contribution < 1.29 is 22.3 Å². The van der Waals surface area contributed by atoms with E-state index in [4.69, 9.17) is 4.74 Å². The third-order valence-electron chi connectivity index (χ3n) is 5.12. The molecule has 3 aromatic rings. The highest BCUT2D eigenvalue weighted by atomic mass is 32.2. The van der Waals surface area contributed by atoms with Crippen molar-refractivity contribution in [2.24, 2.45) is 0 Å². The van der Waals surface area contributed by atoms with Crippen LogP contribution in [0, 0.1) is 19.7 Å². The molecule has 1 amide bonds. The van der Waals surface area contributed by atoms with E-state index in [0.29, 0.717) is 28.1 Å². The van der Waals surface area contributed by atoms with Gasteiger partial charge < -0.3 is 4.74 Å². The van der Waals surface area contributed by atoms with E-state index >= 15 is 0 Å². The van der Waals surface area contributed by atoms with E-state index < -0.39 is 21.7 Å². The number of benzene rings is 1. The molecule has 0 bridgehead atoms. The van der Waals surface area contributed by atoms with E-state index in [2.05, 4.69) is 9.71 Å². The molecule has 6 nitrogen and oxygen atoms in total.